The van der Waals surface area contributed by atoms with E-state index in [1.54, 1.807) is 48.5 Å². The first-order valence-electron chi connectivity index (χ1n) is 10.7. The van der Waals surface area contributed by atoms with E-state index in [1.807, 2.05) is 6.92 Å². The summed E-state index contributed by atoms with van der Waals surface area (Å²) < 4.78 is 10.3. The summed E-state index contributed by atoms with van der Waals surface area (Å²) in [5.74, 6) is -2.50. The van der Waals surface area contributed by atoms with Crippen molar-refractivity contribution in [3.8, 4) is 0 Å². The lowest BCUT2D eigenvalue weighted by atomic mass is 10.1. The first-order chi connectivity index (χ1) is 15.9. The van der Waals surface area contributed by atoms with Gasteiger partial charge in [0.1, 0.15) is 0 Å². The lowest BCUT2D eigenvalue weighted by molar-refractivity contribution is -0.151. The summed E-state index contributed by atoms with van der Waals surface area (Å²) in [6.07, 6.45) is 1.70. The number of nitrogens with zero attached hydrogens (tertiary/aromatic N) is 1. The van der Waals surface area contributed by atoms with Crippen LogP contribution in [-0.2, 0) is 23.9 Å². The van der Waals surface area contributed by atoms with Gasteiger partial charge in [0.2, 0.25) is 5.91 Å². The maximum Gasteiger partial charge on any atom is 0.338 e. The zero-order valence-electron chi connectivity index (χ0n) is 18.2. The average Bonchev–Trinajstić information content (AvgIpc) is 3.21. The minimum atomic E-state index is -0.690. The Labute approximate surface area is 196 Å². The molecule has 1 aliphatic rings. The van der Waals surface area contributed by atoms with Gasteiger partial charge in [-0.25, -0.2) is 4.79 Å². The fourth-order valence-corrected chi connectivity index (χ4v) is 3.47. The zero-order chi connectivity index (χ0) is 23.8. The molecule has 0 saturated carbocycles. The van der Waals surface area contributed by atoms with Crippen molar-refractivity contribution in [2.75, 3.05) is 30.0 Å². The summed E-state index contributed by atoms with van der Waals surface area (Å²) >= 11 is 5.99. The van der Waals surface area contributed by atoms with Gasteiger partial charge in [0.15, 0.2) is 6.61 Å². The topological polar surface area (TPSA) is 102 Å². The fourth-order valence-electron chi connectivity index (χ4n) is 3.29. The number of benzene rings is 2. The third kappa shape index (κ3) is 6.55. The highest BCUT2D eigenvalue weighted by molar-refractivity contribution is 6.33. The first kappa shape index (κ1) is 24.3. The SMILES string of the molecule is CCCCOC(=O)c1ccc(N2C[C@@H](C(=O)OCC(=O)Nc3ccccc3Cl)CC2=O)cc1. The molecular formula is C24H25ClN2O6. The normalized spacial score (nSPS) is 15.3. The van der Waals surface area contributed by atoms with E-state index in [1.165, 1.54) is 4.90 Å². The molecule has 2 amide bonds. The van der Waals surface area contributed by atoms with Crippen molar-refractivity contribution in [3.05, 3.63) is 59.1 Å². The Morgan fingerprint density at radius 1 is 1.09 bits per heavy atom. The molecule has 1 aliphatic heterocycles. The molecule has 33 heavy (non-hydrogen) atoms. The van der Waals surface area contributed by atoms with Gasteiger partial charge in [-0.3, -0.25) is 14.4 Å². The van der Waals surface area contributed by atoms with Crippen LogP contribution in [0.4, 0.5) is 11.4 Å². The van der Waals surface area contributed by atoms with Gasteiger partial charge in [0.25, 0.3) is 5.91 Å². The summed E-state index contributed by atoms with van der Waals surface area (Å²) in [4.78, 5) is 50.3. The molecule has 0 aliphatic carbocycles. The average molecular weight is 473 g/mol. The molecule has 1 atom stereocenters. The number of halogens is 1. The molecule has 1 heterocycles. The molecule has 1 fully saturated rings. The van der Waals surface area contributed by atoms with Crippen molar-refractivity contribution in [2.45, 2.75) is 26.2 Å². The lowest BCUT2D eigenvalue weighted by Crippen LogP contribution is -2.28. The number of anilines is 2. The number of esters is 2. The smallest absolute Gasteiger partial charge is 0.338 e. The van der Waals surface area contributed by atoms with Crippen molar-refractivity contribution in [1.29, 1.82) is 0 Å². The van der Waals surface area contributed by atoms with Crippen molar-refractivity contribution < 1.29 is 28.7 Å². The molecule has 0 unspecified atom stereocenters. The second kappa shape index (κ2) is 11.5. The van der Waals surface area contributed by atoms with Crippen LogP contribution < -0.4 is 10.2 Å². The molecule has 1 saturated heterocycles. The van der Waals surface area contributed by atoms with Crippen molar-refractivity contribution in [3.63, 3.8) is 0 Å². The minimum absolute atomic E-state index is 0.0220. The van der Waals surface area contributed by atoms with Gasteiger partial charge in [-0.2, -0.15) is 0 Å². The quantitative estimate of drug-likeness (QED) is 0.439. The third-order valence-corrected chi connectivity index (χ3v) is 5.43. The number of hydrogen-bond acceptors (Lipinski definition) is 6. The standard InChI is InChI=1S/C24H25ClN2O6/c1-2-3-12-32-23(30)16-8-10-18(11-9-16)27-14-17(13-22(27)29)24(31)33-15-21(28)26-20-7-5-4-6-19(20)25/h4-11,17H,2-3,12-15H2,1H3,(H,26,28)/t17-/m0/s1. The number of nitrogens with one attached hydrogen (secondary N) is 1. The summed E-state index contributed by atoms with van der Waals surface area (Å²) in [6, 6.07) is 13.2. The van der Waals surface area contributed by atoms with E-state index >= 15 is 0 Å². The van der Waals surface area contributed by atoms with Crippen LogP contribution in [0.5, 0.6) is 0 Å². The van der Waals surface area contributed by atoms with Gasteiger partial charge in [-0.15, -0.1) is 0 Å². The van der Waals surface area contributed by atoms with Crippen LogP contribution in [0.15, 0.2) is 48.5 Å². The molecule has 0 bridgehead atoms. The van der Waals surface area contributed by atoms with Crippen molar-refractivity contribution in [2.24, 2.45) is 5.92 Å². The van der Waals surface area contributed by atoms with E-state index in [4.69, 9.17) is 21.1 Å². The molecule has 0 radical (unpaired) electrons. The summed E-state index contributed by atoms with van der Waals surface area (Å²) in [5.41, 5.74) is 1.37. The number of unbranched alkanes of at least 4 members (excludes halogenated alkanes) is 1. The van der Waals surface area contributed by atoms with Crippen LogP contribution in [0.1, 0.15) is 36.5 Å². The van der Waals surface area contributed by atoms with Crippen LogP contribution in [-0.4, -0.2) is 43.5 Å². The van der Waals surface area contributed by atoms with Gasteiger partial charge in [-0.1, -0.05) is 37.1 Å². The van der Waals surface area contributed by atoms with E-state index in [2.05, 4.69) is 5.32 Å². The van der Waals surface area contributed by atoms with E-state index in [9.17, 15) is 19.2 Å². The van der Waals surface area contributed by atoms with E-state index < -0.39 is 30.4 Å². The molecule has 2 aromatic rings. The Balaban J connectivity index is 1.51. The Hall–Kier alpha value is -3.39. The fraction of sp³-hybridized carbons (Fsp3) is 0.333. The predicted molar refractivity (Wildman–Crippen MR) is 123 cm³/mol. The summed E-state index contributed by atoms with van der Waals surface area (Å²) in [5, 5.41) is 2.94. The zero-order valence-corrected chi connectivity index (χ0v) is 19.0. The Morgan fingerprint density at radius 3 is 2.52 bits per heavy atom. The van der Waals surface area contributed by atoms with Crippen molar-refractivity contribution >= 4 is 46.7 Å². The van der Waals surface area contributed by atoms with Gasteiger partial charge < -0.3 is 19.7 Å². The molecular weight excluding hydrogens is 448 g/mol. The van der Waals surface area contributed by atoms with Crippen LogP contribution in [0.25, 0.3) is 0 Å². The number of para-hydroxylation sites is 1. The second-order valence-corrected chi connectivity index (χ2v) is 7.98. The Bertz CT molecular complexity index is 1020. The number of carbonyl (C=O) groups excluding carboxylic acids is 4. The van der Waals surface area contributed by atoms with Gasteiger partial charge in [0, 0.05) is 18.7 Å². The number of amides is 2. The first-order valence-corrected chi connectivity index (χ1v) is 11.1. The largest absolute Gasteiger partial charge is 0.462 e. The van der Waals surface area contributed by atoms with Crippen LogP contribution >= 0.6 is 11.6 Å². The van der Waals surface area contributed by atoms with Gasteiger partial charge in [-0.05, 0) is 42.8 Å². The molecule has 174 valence electrons. The molecule has 8 nitrogen and oxygen atoms in total. The highest BCUT2D eigenvalue weighted by Gasteiger charge is 2.36. The monoisotopic (exact) mass is 472 g/mol. The number of ether oxygens (including phenoxy) is 2. The molecule has 0 spiro atoms. The minimum Gasteiger partial charge on any atom is -0.462 e. The summed E-state index contributed by atoms with van der Waals surface area (Å²) in [6.45, 7) is 2.02. The van der Waals surface area contributed by atoms with E-state index in [0.29, 0.717) is 28.6 Å². The molecule has 1 N–H and O–H groups in total. The van der Waals surface area contributed by atoms with Gasteiger partial charge in [0.05, 0.1) is 28.8 Å². The molecule has 3 rings (SSSR count). The second-order valence-electron chi connectivity index (χ2n) is 7.58. The van der Waals surface area contributed by atoms with Crippen LogP contribution in [0.3, 0.4) is 0 Å². The molecule has 9 heteroatoms. The molecule has 2 aromatic carbocycles. The Kier molecular flexibility index (Phi) is 8.43. The highest BCUT2D eigenvalue weighted by atomic mass is 35.5. The maximum atomic E-state index is 12.4. The number of carbonyl (C=O) groups is 4. The predicted octanol–water partition coefficient (Wildman–Crippen LogP) is 3.83. The number of rotatable bonds is 9. The van der Waals surface area contributed by atoms with E-state index in [0.717, 1.165) is 12.8 Å². The summed E-state index contributed by atoms with van der Waals surface area (Å²) in [7, 11) is 0. The maximum absolute atomic E-state index is 12.4. The van der Waals surface area contributed by atoms with E-state index in [-0.39, 0.29) is 18.9 Å². The van der Waals surface area contributed by atoms with Crippen molar-refractivity contribution in [1.82, 2.24) is 0 Å². The Morgan fingerprint density at radius 2 is 1.82 bits per heavy atom. The van der Waals surface area contributed by atoms with Crippen LogP contribution in [0, 0.1) is 5.92 Å². The number of hydrogen-bond donors (Lipinski definition) is 1. The third-order valence-electron chi connectivity index (χ3n) is 5.10. The van der Waals surface area contributed by atoms with Crippen LogP contribution in [0.2, 0.25) is 5.02 Å². The van der Waals surface area contributed by atoms with Gasteiger partial charge >= 0.3 is 11.9 Å². The molecule has 0 aromatic heterocycles. The lowest BCUT2D eigenvalue weighted by Gasteiger charge is -2.17. The highest BCUT2D eigenvalue weighted by Crippen LogP contribution is 2.26.